The highest BCUT2D eigenvalue weighted by molar-refractivity contribution is 6.00. The van der Waals surface area contributed by atoms with Crippen LogP contribution in [0, 0.1) is 0 Å². The molecule has 7 nitrogen and oxygen atoms in total. The number of nitrogens with one attached hydrogen (secondary N) is 2. The number of aromatic nitrogens is 3. The van der Waals surface area contributed by atoms with Crippen LogP contribution in [-0.4, -0.2) is 27.9 Å². The van der Waals surface area contributed by atoms with Crippen LogP contribution in [0.2, 0.25) is 0 Å². The summed E-state index contributed by atoms with van der Waals surface area (Å²) < 4.78 is 7.04. The van der Waals surface area contributed by atoms with Gasteiger partial charge in [-0.15, -0.1) is 0 Å². The summed E-state index contributed by atoms with van der Waals surface area (Å²) in [6, 6.07) is 18.4. The van der Waals surface area contributed by atoms with Crippen molar-refractivity contribution in [1.82, 2.24) is 14.8 Å². The number of urea groups is 1. The fourth-order valence-corrected chi connectivity index (χ4v) is 3.25. The molecule has 0 spiro atoms. The number of rotatable bonds is 6. The molecule has 0 unspecified atom stereocenters. The number of hydrogen-bond donors (Lipinski definition) is 2. The third-order valence-electron chi connectivity index (χ3n) is 4.82. The predicted octanol–water partition coefficient (Wildman–Crippen LogP) is 5.28. The van der Waals surface area contributed by atoms with Gasteiger partial charge < -0.3 is 15.4 Å². The maximum absolute atomic E-state index is 12.4. The van der Waals surface area contributed by atoms with Crippen molar-refractivity contribution in [2.24, 2.45) is 0 Å². The van der Waals surface area contributed by atoms with E-state index in [4.69, 9.17) is 9.84 Å². The van der Waals surface area contributed by atoms with Crippen LogP contribution in [0.1, 0.15) is 6.92 Å². The van der Waals surface area contributed by atoms with Crippen molar-refractivity contribution in [3.63, 3.8) is 0 Å². The van der Waals surface area contributed by atoms with Gasteiger partial charge >= 0.3 is 6.03 Å². The Balaban J connectivity index is 1.56. The summed E-state index contributed by atoms with van der Waals surface area (Å²) in [7, 11) is 1.60. The van der Waals surface area contributed by atoms with E-state index in [0.29, 0.717) is 11.4 Å². The molecule has 4 rings (SSSR count). The summed E-state index contributed by atoms with van der Waals surface area (Å²) in [4.78, 5) is 16.5. The van der Waals surface area contributed by atoms with E-state index in [1.807, 2.05) is 47.3 Å². The van der Waals surface area contributed by atoms with Crippen molar-refractivity contribution in [3.8, 4) is 28.1 Å². The minimum absolute atomic E-state index is 0.319. The summed E-state index contributed by atoms with van der Waals surface area (Å²) in [6.45, 7) is 2.81. The van der Waals surface area contributed by atoms with Gasteiger partial charge in [-0.05, 0) is 61.0 Å². The highest BCUT2D eigenvalue weighted by Crippen LogP contribution is 2.32. The Morgan fingerprint density at radius 1 is 0.968 bits per heavy atom. The van der Waals surface area contributed by atoms with E-state index < -0.39 is 0 Å². The number of anilines is 2. The number of aryl methyl sites for hydroxylation is 1. The standard InChI is InChI=1S/C24H23N5O2/c1-3-29-16-22(23(28-29)17-11-13-25-14-12-17)18-5-4-6-20(15-18)27-24(30)26-19-7-9-21(31-2)10-8-19/h4-16H,3H2,1-2H3,(H2,26,27,30). The molecule has 2 N–H and O–H groups in total. The minimum atomic E-state index is -0.319. The van der Waals surface area contributed by atoms with Gasteiger partial charge in [-0.3, -0.25) is 9.67 Å². The van der Waals surface area contributed by atoms with Gasteiger partial charge in [0.2, 0.25) is 0 Å². The van der Waals surface area contributed by atoms with E-state index in [0.717, 1.165) is 34.7 Å². The van der Waals surface area contributed by atoms with E-state index in [1.54, 1.807) is 43.8 Å². The molecule has 2 heterocycles. The molecule has 0 bridgehead atoms. The van der Waals surface area contributed by atoms with Crippen LogP contribution >= 0.6 is 0 Å². The molecule has 0 saturated carbocycles. The van der Waals surface area contributed by atoms with E-state index in [-0.39, 0.29) is 6.03 Å². The summed E-state index contributed by atoms with van der Waals surface area (Å²) in [5, 5.41) is 10.4. The number of hydrogen-bond acceptors (Lipinski definition) is 4. The highest BCUT2D eigenvalue weighted by Gasteiger charge is 2.14. The molecule has 0 radical (unpaired) electrons. The number of amides is 2. The number of nitrogens with zero attached hydrogens (tertiary/aromatic N) is 3. The van der Waals surface area contributed by atoms with Crippen molar-refractivity contribution in [3.05, 3.63) is 79.3 Å². The largest absolute Gasteiger partial charge is 0.497 e. The van der Waals surface area contributed by atoms with Crippen LogP contribution in [0.3, 0.4) is 0 Å². The van der Waals surface area contributed by atoms with Crippen LogP contribution in [0.5, 0.6) is 5.75 Å². The molecule has 0 aliphatic heterocycles. The number of ether oxygens (including phenoxy) is 1. The molecule has 2 aromatic heterocycles. The molecule has 0 aliphatic rings. The number of pyridine rings is 1. The normalized spacial score (nSPS) is 10.5. The minimum Gasteiger partial charge on any atom is -0.497 e. The van der Waals surface area contributed by atoms with E-state index in [9.17, 15) is 4.79 Å². The molecular formula is C24H23N5O2. The van der Waals surface area contributed by atoms with Gasteiger partial charge in [0.15, 0.2) is 0 Å². The molecule has 156 valence electrons. The third-order valence-corrected chi connectivity index (χ3v) is 4.82. The highest BCUT2D eigenvalue weighted by atomic mass is 16.5. The van der Waals surface area contributed by atoms with Crippen LogP contribution in [0.15, 0.2) is 79.3 Å². The average Bonchev–Trinajstić information content (AvgIpc) is 3.25. The Labute approximate surface area is 180 Å². The van der Waals surface area contributed by atoms with Gasteiger partial charge in [-0.25, -0.2) is 4.79 Å². The van der Waals surface area contributed by atoms with Crippen LogP contribution in [-0.2, 0) is 6.54 Å². The van der Waals surface area contributed by atoms with Gasteiger partial charge in [-0.2, -0.15) is 5.10 Å². The van der Waals surface area contributed by atoms with Crippen molar-refractivity contribution in [2.45, 2.75) is 13.5 Å². The molecular weight excluding hydrogens is 390 g/mol. The van der Waals surface area contributed by atoms with Gasteiger partial charge in [0, 0.05) is 47.6 Å². The average molecular weight is 413 g/mol. The molecule has 31 heavy (non-hydrogen) atoms. The maximum atomic E-state index is 12.4. The first-order valence-corrected chi connectivity index (χ1v) is 9.96. The topological polar surface area (TPSA) is 81.1 Å². The van der Waals surface area contributed by atoms with E-state index in [1.165, 1.54) is 0 Å². The predicted molar refractivity (Wildman–Crippen MR) is 122 cm³/mol. The molecule has 0 fully saturated rings. The maximum Gasteiger partial charge on any atom is 0.323 e. The summed E-state index contributed by atoms with van der Waals surface area (Å²) in [6.07, 6.45) is 5.53. The molecule has 0 aliphatic carbocycles. The van der Waals surface area contributed by atoms with E-state index in [2.05, 4.69) is 22.5 Å². The Morgan fingerprint density at radius 2 is 1.71 bits per heavy atom. The van der Waals surface area contributed by atoms with Crippen LogP contribution < -0.4 is 15.4 Å². The second-order valence-electron chi connectivity index (χ2n) is 6.87. The van der Waals surface area contributed by atoms with Gasteiger partial charge in [0.25, 0.3) is 0 Å². The molecule has 0 saturated heterocycles. The lowest BCUT2D eigenvalue weighted by Crippen LogP contribution is -2.19. The lowest BCUT2D eigenvalue weighted by Gasteiger charge is -2.10. The van der Waals surface area contributed by atoms with Crippen molar-refractivity contribution in [1.29, 1.82) is 0 Å². The van der Waals surface area contributed by atoms with Crippen molar-refractivity contribution < 1.29 is 9.53 Å². The van der Waals surface area contributed by atoms with Crippen LogP contribution in [0.25, 0.3) is 22.4 Å². The zero-order valence-electron chi connectivity index (χ0n) is 17.4. The van der Waals surface area contributed by atoms with Gasteiger partial charge in [-0.1, -0.05) is 12.1 Å². The second kappa shape index (κ2) is 9.13. The quantitative estimate of drug-likeness (QED) is 0.450. The number of carbonyl (C=O) groups excluding carboxylic acids is 1. The third kappa shape index (κ3) is 4.72. The number of benzene rings is 2. The first-order chi connectivity index (χ1) is 15.2. The first kappa shape index (κ1) is 20.2. The zero-order valence-corrected chi connectivity index (χ0v) is 17.4. The lowest BCUT2D eigenvalue weighted by molar-refractivity contribution is 0.262. The van der Waals surface area contributed by atoms with E-state index >= 15 is 0 Å². The molecule has 4 aromatic rings. The fraction of sp³-hybridized carbons (Fsp3) is 0.125. The van der Waals surface area contributed by atoms with Gasteiger partial charge in [0.1, 0.15) is 11.4 Å². The Kier molecular flexibility index (Phi) is 5.93. The van der Waals surface area contributed by atoms with Crippen LogP contribution in [0.4, 0.5) is 16.2 Å². The Morgan fingerprint density at radius 3 is 2.42 bits per heavy atom. The summed E-state index contributed by atoms with van der Waals surface area (Å²) in [5.41, 5.74) is 5.20. The lowest BCUT2D eigenvalue weighted by atomic mass is 10.0. The smallest absolute Gasteiger partial charge is 0.323 e. The summed E-state index contributed by atoms with van der Waals surface area (Å²) >= 11 is 0. The summed E-state index contributed by atoms with van der Waals surface area (Å²) in [5.74, 6) is 0.733. The number of methoxy groups -OCH3 is 1. The molecule has 2 amide bonds. The molecule has 0 atom stereocenters. The zero-order chi connectivity index (χ0) is 21.6. The Hall–Kier alpha value is -4.13. The van der Waals surface area contributed by atoms with Crippen molar-refractivity contribution >= 4 is 17.4 Å². The molecule has 7 heteroatoms. The van der Waals surface area contributed by atoms with Crippen molar-refractivity contribution in [2.75, 3.05) is 17.7 Å². The SMILES string of the molecule is CCn1cc(-c2cccc(NC(=O)Nc3ccc(OC)cc3)c2)c(-c2ccncc2)n1. The fourth-order valence-electron chi connectivity index (χ4n) is 3.25. The van der Waals surface area contributed by atoms with Gasteiger partial charge in [0.05, 0.1) is 7.11 Å². The monoisotopic (exact) mass is 413 g/mol. The number of carbonyl (C=O) groups is 1. The molecule has 2 aromatic carbocycles. The second-order valence-corrected chi connectivity index (χ2v) is 6.87. The Bertz CT molecular complexity index is 1170. The first-order valence-electron chi connectivity index (χ1n) is 9.96.